The zero-order valence-electron chi connectivity index (χ0n) is 13.0. The second-order valence-electron chi connectivity index (χ2n) is 6.00. The number of rotatable bonds is 12. The lowest BCUT2D eigenvalue weighted by Crippen LogP contribution is -2.57. The average Bonchev–Trinajstić information content (AvgIpc) is 3.21. The molecule has 20 heavy (non-hydrogen) atoms. The second kappa shape index (κ2) is 8.60. The molecular formula is C15H29NO4. The Bertz CT molecular complexity index is 292. The minimum atomic E-state index is -0.909. The maximum Gasteiger partial charge on any atom is 0.326 e. The van der Waals surface area contributed by atoms with E-state index in [1.54, 1.807) is 0 Å². The van der Waals surface area contributed by atoms with Gasteiger partial charge in [0.05, 0.1) is 19.8 Å². The smallest absolute Gasteiger partial charge is 0.326 e. The predicted molar refractivity (Wildman–Crippen MR) is 77.9 cm³/mol. The second-order valence-corrected chi connectivity index (χ2v) is 6.00. The van der Waals surface area contributed by atoms with Crippen LogP contribution < -0.4 is 5.32 Å². The molecule has 5 nitrogen and oxygen atoms in total. The van der Waals surface area contributed by atoms with E-state index < -0.39 is 11.5 Å². The number of carbonyl (C=O) groups is 1. The quantitative estimate of drug-likeness (QED) is 0.537. The van der Waals surface area contributed by atoms with E-state index in [1.807, 2.05) is 6.92 Å². The Morgan fingerprint density at radius 1 is 1.35 bits per heavy atom. The first-order valence-electron chi connectivity index (χ1n) is 7.66. The fourth-order valence-corrected chi connectivity index (χ4v) is 2.22. The van der Waals surface area contributed by atoms with Crippen LogP contribution >= 0.6 is 0 Å². The molecule has 0 amide bonds. The number of carboxylic acid groups (broad SMARTS) is 1. The van der Waals surface area contributed by atoms with Gasteiger partial charge in [-0.1, -0.05) is 20.8 Å². The van der Waals surface area contributed by atoms with Crippen molar-refractivity contribution in [2.75, 3.05) is 33.0 Å². The summed E-state index contributed by atoms with van der Waals surface area (Å²) in [5.74, 6) is -0.0922. The molecule has 1 rings (SSSR count). The van der Waals surface area contributed by atoms with Crippen LogP contribution in [0.3, 0.4) is 0 Å². The van der Waals surface area contributed by atoms with Crippen LogP contribution in [-0.4, -0.2) is 49.6 Å². The zero-order chi connectivity index (χ0) is 15.0. The summed E-state index contributed by atoms with van der Waals surface area (Å²) >= 11 is 0. The minimum absolute atomic E-state index is 0.197. The molecule has 1 aliphatic rings. The molecule has 1 aliphatic carbocycles. The Kier molecular flexibility index (Phi) is 7.48. The van der Waals surface area contributed by atoms with Gasteiger partial charge in [-0.15, -0.1) is 0 Å². The SMILES string of the molecule is CCCNC(COCCOCC(C)C)(C(=O)O)C1CC1. The van der Waals surface area contributed by atoms with E-state index in [4.69, 9.17) is 9.47 Å². The van der Waals surface area contributed by atoms with E-state index in [9.17, 15) is 9.90 Å². The fraction of sp³-hybridized carbons (Fsp3) is 0.933. The molecule has 0 aromatic heterocycles. The summed E-state index contributed by atoms with van der Waals surface area (Å²) < 4.78 is 11.0. The summed E-state index contributed by atoms with van der Waals surface area (Å²) in [6.07, 6.45) is 2.85. The van der Waals surface area contributed by atoms with Gasteiger partial charge in [0.1, 0.15) is 5.54 Å². The van der Waals surface area contributed by atoms with Gasteiger partial charge in [0, 0.05) is 6.61 Å². The Morgan fingerprint density at radius 3 is 2.50 bits per heavy atom. The van der Waals surface area contributed by atoms with Crippen LogP contribution in [-0.2, 0) is 14.3 Å². The van der Waals surface area contributed by atoms with Crippen molar-refractivity contribution in [1.29, 1.82) is 0 Å². The number of hydrogen-bond donors (Lipinski definition) is 2. The first-order chi connectivity index (χ1) is 9.53. The predicted octanol–water partition coefficient (Wildman–Crippen LogP) is 1.91. The molecule has 0 spiro atoms. The number of ether oxygens (including phenoxy) is 2. The molecular weight excluding hydrogens is 258 g/mol. The van der Waals surface area contributed by atoms with Crippen LogP contribution in [0.4, 0.5) is 0 Å². The average molecular weight is 287 g/mol. The third-order valence-corrected chi connectivity index (χ3v) is 3.50. The van der Waals surface area contributed by atoms with E-state index in [1.165, 1.54) is 0 Å². The standard InChI is InChI=1S/C15H29NO4/c1-4-7-16-15(14(17)18,13-5-6-13)11-20-9-8-19-10-12(2)3/h12-13,16H,4-11H2,1-3H3,(H,17,18). The monoisotopic (exact) mass is 287 g/mol. The van der Waals surface area contributed by atoms with Gasteiger partial charge in [0.25, 0.3) is 0 Å². The van der Waals surface area contributed by atoms with Gasteiger partial charge in [-0.3, -0.25) is 10.1 Å². The highest BCUT2D eigenvalue weighted by molar-refractivity contribution is 5.80. The van der Waals surface area contributed by atoms with Crippen LogP contribution in [0.15, 0.2) is 0 Å². The zero-order valence-corrected chi connectivity index (χ0v) is 13.0. The summed E-state index contributed by atoms with van der Waals surface area (Å²) in [5.41, 5.74) is -0.909. The van der Waals surface area contributed by atoms with Gasteiger partial charge >= 0.3 is 5.97 Å². The highest BCUT2D eigenvalue weighted by atomic mass is 16.5. The third kappa shape index (κ3) is 5.38. The van der Waals surface area contributed by atoms with E-state index in [0.717, 1.165) is 19.3 Å². The van der Waals surface area contributed by atoms with Crippen molar-refractivity contribution < 1.29 is 19.4 Å². The molecule has 0 saturated heterocycles. The molecule has 0 aromatic rings. The lowest BCUT2D eigenvalue weighted by Gasteiger charge is -2.30. The number of carboxylic acids is 1. The summed E-state index contributed by atoms with van der Waals surface area (Å²) in [6.45, 7) is 8.83. The number of aliphatic carboxylic acids is 1. The lowest BCUT2D eigenvalue weighted by atomic mass is 9.94. The highest BCUT2D eigenvalue weighted by Gasteiger charge is 2.51. The highest BCUT2D eigenvalue weighted by Crippen LogP contribution is 2.40. The van der Waals surface area contributed by atoms with Gasteiger partial charge in [-0.2, -0.15) is 0 Å². The summed E-state index contributed by atoms with van der Waals surface area (Å²) in [7, 11) is 0. The molecule has 1 saturated carbocycles. The van der Waals surface area contributed by atoms with Crippen molar-refractivity contribution >= 4 is 5.97 Å². The molecule has 0 aliphatic heterocycles. The fourth-order valence-electron chi connectivity index (χ4n) is 2.22. The van der Waals surface area contributed by atoms with Crippen LogP contribution in [0.1, 0.15) is 40.0 Å². The van der Waals surface area contributed by atoms with Crippen molar-refractivity contribution in [3.63, 3.8) is 0 Å². The summed E-state index contributed by atoms with van der Waals surface area (Å²) in [4.78, 5) is 11.6. The van der Waals surface area contributed by atoms with Gasteiger partial charge in [-0.25, -0.2) is 0 Å². The Labute approximate surface area is 122 Å². The molecule has 0 bridgehead atoms. The Balaban J connectivity index is 2.35. The molecule has 0 heterocycles. The molecule has 118 valence electrons. The molecule has 0 radical (unpaired) electrons. The lowest BCUT2D eigenvalue weighted by molar-refractivity contribution is -0.149. The van der Waals surface area contributed by atoms with E-state index in [0.29, 0.717) is 32.3 Å². The van der Waals surface area contributed by atoms with Crippen LogP contribution in [0, 0.1) is 11.8 Å². The van der Waals surface area contributed by atoms with E-state index in [-0.39, 0.29) is 12.5 Å². The van der Waals surface area contributed by atoms with E-state index in [2.05, 4.69) is 19.2 Å². The molecule has 5 heteroatoms. The van der Waals surface area contributed by atoms with Crippen molar-refractivity contribution in [2.45, 2.75) is 45.6 Å². The molecule has 1 fully saturated rings. The maximum atomic E-state index is 11.6. The van der Waals surface area contributed by atoms with Crippen LogP contribution in [0.2, 0.25) is 0 Å². The van der Waals surface area contributed by atoms with Gasteiger partial charge in [0.15, 0.2) is 0 Å². The van der Waals surface area contributed by atoms with Gasteiger partial charge < -0.3 is 14.6 Å². The molecule has 1 atom stereocenters. The molecule has 2 N–H and O–H groups in total. The van der Waals surface area contributed by atoms with Crippen molar-refractivity contribution in [3.8, 4) is 0 Å². The van der Waals surface area contributed by atoms with Crippen molar-refractivity contribution in [3.05, 3.63) is 0 Å². The first kappa shape index (κ1) is 17.4. The normalized spacial score (nSPS) is 18.2. The minimum Gasteiger partial charge on any atom is -0.480 e. The number of nitrogens with one attached hydrogen (secondary N) is 1. The Hall–Kier alpha value is -0.650. The summed E-state index contributed by atoms with van der Waals surface area (Å²) in [5, 5.41) is 12.8. The largest absolute Gasteiger partial charge is 0.480 e. The maximum absolute atomic E-state index is 11.6. The van der Waals surface area contributed by atoms with Crippen LogP contribution in [0.25, 0.3) is 0 Å². The van der Waals surface area contributed by atoms with Gasteiger partial charge in [0.2, 0.25) is 0 Å². The molecule has 0 aromatic carbocycles. The summed E-state index contributed by atoms with van der Waals surface area (Å²) in [6, 6.07) is 0. The third-order valence-electron chi connectivity index (χ3n) is 3.50. The molecule has 1 unspecified atom stereocenters. The number of hydrogen-bond acceptors (Lipinski definition) is 4. The van der Waals surface area contributed by atoms with E-state index >= 15 is 0 Å². The van der Waals surface area contributed by atoms with Crippen LogP contribution in [0.5, 0.6) is 0 Å². The first-order valence-corrected chi connectivity index (χ1v) is 7.66. The van der Waals surface area contributed by atoms with Gasteiger partial charge in [-0.05, 0) is 37.6 Å². The van der Waals surface area contributed by atoms with Crippen molar-refractivity contribution in [1.82, 2.24) is 5.32 Å². The topological polar surface area (TPSA) is 67.8 Å². The Morgan fingerprint density at radius 2 is 2.00 bits per heavy atom. The van der Waals surface area contributed by atoms with Crippen molar-refractivity contribution in [2.24, 2.45) is 11.8 Å².